The molecule has 0 fully saturated rings. The van der Waals surface area contributed by atoms with Crippen molar-refractivity contribution in [2.75, 3.05) is 21.3 Å². The largest absolute Gasteiger partial charge is 0.495 e. The molecule has 8 heteroatoms. The molecule has 7 nitrogen and oxygen atoms in total. The van der Waals surface area contributed by atoms with E-state index in [1.165, 1.54) is 26.5 Å². The number of ether oxygens (including phenoxy) is 3. The fraction of sp³-hybridized carbons (Fsp3) is 0.188. The molecule has 0 radical (unpaired) electrons. The van der Waals surface area contributed by atoms with E-state index in [-0.39, 0.29) is 17.4 Å². The molecule has 3 rings (SSSR count). The van der Waals surface area contributed by atoms with Gasteiger partial charge in [0.1, 0.15) is 5.75 Å². The summed E-state index contributed by atoms with van der Waals surface area (Å²) in [5, 5.41) is 3.86. The molecule has 0 saturated carbocycles. The Morgan fingerprint density at radius 3 is 2.46 bits per heavy atom. The van der Waals surface area contributed by atoms with Crippen molar-refractivity contribution in [2.24, 2.45) is 0 Å². The van der Waals surface area contributed by atoms with Gasteiger partial charge in [0.2, 0.25) is 5.82 Å². The van der Waals surface area contributed by atoms with Crippen molar-refractivity contribution in [3.8, 4) is 40.2 Å². The number of hydrogen-bond donors (Lipinski definition) is 0. The van der Waals surface area contributed by atoms with Gasteiger partial charge in [-0.3, -0.25) is 0 Å². The lowest BCUT2D eigenvalue weighted by Gasteiger charge is -2.07. The summed E-state index contributed by atoms with van der Waals surface area (Å²) in [6.45, 7) is 0. The monoisotopic (exact) mass is 331 g/mol. The number of hydrogen-bond acceptors (Lipinski definition) is 7. The van der Waals surface area contributed by atoms with E-state index in [4.69, 9.17) is 18.7 Å². The molecular weight excluding hydrogens is 317 g/mol. The van der Waals surface area contributed by atoms with Gasteiger partial charge in [-0.05, 0) is 18.2 Å². The van der Waals surface area contributed by atoms with Gasteiger partial charge < -0.3 is 18.7 Å². The van der Waals surface area contributed by atoms with Crippen LogP contribution >= 0.6 is 0 Å². The summed E-state index contributed by atoms with van der Waals surface area (Å²) < 4.78 is 34.5. The summed E-state index contributed by atoms with van der Waals surface area (Å²) in [6, 6.07) is 6.36. The Hall–Kier alpha value is -3.16. The lowest BCUT2D eigenvalue weighted by atomic mass is 10.2. The number of methoxy groups -OCH3 is 3. The fourth-order valence-corrected chi connectivity index (χ4v) is 2.10. The topological polar surface area (TPSA) is 79.5 Å². The van der Waals surface area contributed by atoms with E-state index in [2.05, 4.69) is 15.1 Å². The zero-order valence-corrected chi connectivity index (χ0v) is 13.2. The van der Waals surface area contributed by atoms with E-state index in [0.717, 1.165) is 0 Å². The minimum absolute atomic E-state index is 0.0278. The predicted molar refractivity (Wildman–Crippen MR) is 82.6 cm³/mol. The van der Waals surface area contributed by atoms with Gasteiger partial charge in [-0.15, -0.1) is 0 Å². The van der Waals surface area contributed by atoms with Crippen molar-refractivity contribution in [1.82, 2.24) is 15.1 Å². The van der Waals surface area contributed by atoms with E-state index in [1.54, 1.807) is 25.3 Å². The molecule has 0 aliphatic rings. The van der Waals surface area contributed by atoms with Crippen LogP contribution in [-0.4, -0.2) is 36.5 Å². The first kappa shape index (κ1) is 15.7. The molecule has 0 bridgehead atoms. The first-order valence-corrected chi connectivity index (χ1v) is 6.92. The summed E-state index contributed by atoms with van der Waals surface area (Å²) >= 11 is 0. The van der Waals surface area contributed by atoms with Crippen LogP contribution in [0.3, 0.4) is 0 Å². The third-order valence-electron chi connectivity index (χ3n) is 3.32. The van der Waals surface area contributed by atoms with E-state index < -0.39 is 5.82 Å². The van der Waals surface area contributed by atoms with Crippen LogP contribution in [0.25, 0.3) is 23.0 Å². The molecule has 0 atom stereocenters. The zero-order valence-electron chi connectivity index (χ0n) is 13.2. The van der Waals surface area contributed by atoms with Crippen LogP contribution in [0.15, 0.2) is 35.0 Å². The Morgan fingerprint density at radius 1 is 1.00 bits per heavy atom. The molecule has 24 heavy (non-hydrogen) atoms. The van der Waals surface area contributed by atoms with Crippen molar-refractivity contribution < 1.29 is 23.1 Å². The maximum Gasteiger partial charge on any atom is 0.279 e. The van der Waals surface area contributed by atoms with Gasteiger partial charge in [0.05, 0.1) is 27.5 Å². The first-order valence-electron chi connectivity index (χ1n) is 6.92. The average molecular weight is 331 g/mol. The van der Waals surface area contributed by atoms with Gasteiger partial charge in [0, 0.05) is 11.6 Å². The SMILES string of the molecule is COc1cnc(-c2nc(-c3ccc(OC)c(OC)c3)no2)c(F)c1. The Morgan fingerprint density at radius 2 is 1.79 bits per heavy atom. The lowest BCUT2D eigenvalue weighted by Crippen LogP contribution is -1.93. The van der Waals surface area contributed by atoms with Crippen LogP contribution in [-0.2, 0) is 0 Å². The molecule has 0 spiro atoms. The Kier molecular flexibility index (Phi) is 4.28. The van der Waals surface area contributed by atoms with E-state index in [0.29, 0.717) is 22.8 Å². The third kappa shape index (κ3) is 2.85. The van der Waals surface area contributed by atoms with Gasteiger partial charge in [0.25, 0.3) is 5.89 Å². The van der Waals surface area contributed by atoms with Gasteiger partial charge in [-0.25, -0.2) is 9.37 Å². The Balaban J connectivity index is 1.96. The minimum Gasteiger partial charge on any atom is -0.495 e. The fourth-order valence-electron chi connectivity index (χ4n) is 2.10. The molecule has 0 N–H and O–H groups in total. The second-order valence-corrected chi connectivity index (χ2v) is 4.70. The molecule has 2 aromatic heterocycles. The maximum absolute atomic E-state index is 14.0. The van der Waals surface area contributed by atoms with Crippen LogP contribution in [0.1, 0.15) is 0 Å². The van der Waals surface area contributed by atoms with Gasteiger partial charge >= 0.3 is 0 Å². The highest BCUT2D eigenvalue weighted by Gasteiger charge is 2.17. The second kappa shape index (κ2) is 6.53. The minimum atomic E-state index is -0.614. The first-order chi connectivity index (χ1) is 11.7. The van der Waals surface area contributed by atoms with Crippen molar-refractivity contribution in [2.45, 2.75) is 0 Å². The Bertz CT molecular complexity index is 866. The standard InChI is InChI=1S/C16H14FN3O4/c1-21-10-7-11(17)14(18-8-10)16-19-15(20-24-16)9-4-5-12(22-2)13(6-9)23-3/h4-8H,1-3H3. The smallest absolute Gasteiger partial charge is 0.279 e. The summed E-state index contributed by atoms with van der Waals surface area (Å²) in [7, 11) is 4.50. The quantitative estimate of drug-likeness (QED) is 0.711. The second-order valence-electron chi connectivity index (χ2n) is 4.70. The molecule has 0 saturated heterocycles. The van der Waals surface area contributed by atoms with Crippen molar-refractivity contribution in [3.63, 3.8) is 0 Å². The van der Waals surface area contributed by atoms with E-state index in [1.807, 2.05) is 0 Å². The molecule has 124 valence electrons. The number of rotatable bonds is 5. The molecule has 0 amide bonds. The van der Waals surface area contributed by atoms with E-state index in [9.17, 15) is 4.39 Å². The normalized spacial score (nSPS) is 10.5. The molecule has 0 aliphatic heterocycles. The number of aromatic nitrogens is 3. The molecule has 0 unspecified atom stereocenters. The number of benzene rings is 1. The highest BCUT2D eigenvalue weighted by Crippen LogP contribution is 2.32. The van der Waals surface area contributed by atoms with Crippen LogP contribution < -0.4 is 14.2 Å². The molecular formula is C16H14FN3O4. The highest BCUT2D eigenvalue weighted by atomic mass is 19.1. The molecule has 1 aromatic carbocycles. The van der Waals surface area contributed by atoms with Gasteiger partial charge in [-0.2, -0.15) is 4.98 Å². The number of nitrogens with zero attached hydrogens (tertiary/aromatic N) is 3. The van der Waals surface area contributed by atoms with E-state index >= 15 is 0 Å². The number of halogens is 1. The van der Waals surface area contributed by atoms with Crippen molar-refractivity contribution >= 4 is 0 Å². The van der Waals surface area contributed by atoms with Crippen LogP contribution in [0.5, 0.6) is 17.2 Å². The predicted octanol–water partition coefficient (Wildman–Crippen LogP) is 2.96. The maximum atomic E-state index is 14.0. The lowest BCUT2D eigenvalue weighted by molar-refractivity contribution is 0.355. The average Bonchev–Trinajstić information content (AvgIpc) is 3.10. The molecule has 3 aromatic rings. The van der Waals surface area contributed by atoms with Crippen molar-refractivity contribution in [3.05, 3.63) is 36.3 Å². The van der Waals surface area contributed by atoms with Gasteiger partial charge in [-0.1, -0.05) is 5.16 Å². The van der Waals surface area contributed by atoms with Crippen LogP contribution in [0, 0.1) is 5.82 Å². The van der Waals surface area contributed by atoms with Crippen molar-refractivity contribution in [1.29, 1.82) is 0 Å². The van der Waals surface area contributed by atoms with Crippen LogP contribution in [0.4, 0.5) is 4.39 Å². The zero-order chi connectivity index (χ0) is 17.1. The highest BCUT2D eigenvalue weighted by molar-refractivity contribution is 5.62. The third-order valence-corrected chi connectivity index (χ3v) is 3.32. The summed E-state index contributed by atoms with van der Waals surface area (Å²) in [6.07, 6.45) is 1.37. The Labute approximate surface area is 137 Å². The van der Waals surface area contributed by atoms with Gasteiger partial charge in [0.15, 0.2) is 23.0 Å². The van der Waals surface area contributed by atoms with Crippen LogP contribution in [0.2, 0.25) is 0 Å². The summed E-state index contributed by atoms with van der Waals surface area (Å²) in [5.41, 5.74) is 0.589. The summed E-state index contributed by atoms with van der Waals surface area (Å²) in [4.78, 5) is 8.13. The molecule has 0 aliphatic carbocycles. The molecule has 2 heterocycles. The number of pyridine rings is 1. The summed E-state index contributed by atoms with van der Waals surface area (Å²) in [5.74, 6) is 1.04.